The Morgan fingerprint density at radius 2 is 2.14 bits per heavy atom. The van der Waals surface area contributed by atoms with Crippen LogP contribution in [0.4, 0.5) is 5.82 Å². The first-order chi connectivity index (χ1) is 6.83. The minimum atomic E-state index is 0.372. The quantitative estimate of drug-likeness (QED) is 0.733. The number of nitrogens with two attached hydrogens (primary N) is 1. The molecular formula is C11H13N3. The molecule has 0 amide bonds. The number of anilines is 1. The number of nitriles is 1. The molecule has 0 unspecified atom stereocenters. The van der Waals surface area contributed by atoms with Crippen LogP contribution in [0, 0.1) is 11.3 Å². The first kappa shape index (κ1) is 9.01. The van der Waals surface area contributed by atoms with Crippen molar-refractivity contribution < 1.29 is 0 Å². The van der Waals surface area contributed by atoms with Crippen molar-refractivity contribution in [2.45, 2.75) is 31.6 Å². The van der Waals surface area contributed by atoms with Gasteiger partial charge in [0.25, 0.3) is 0 Å². The molecule has 1 saturated carbocycles. The van der Waals surface area contributed by atoms with Crippen molar-refractivity contribution in [2.75, 3.05) is 5.73 Å². The average Bonchev–Trinajstić information content (AvgIpc) is 2.70. The fraction of sp³-hybridized carbons (Fsp3) is 0.455. The summed E-state index contributed by atoms with van der Waals surface area (Å²) in [7, 11) is 0. The second-order valence-corrected chi connectivity index (χ2v) is 3.75. The molecule has 3 heteroatoms. The molecule has 1 aliphatic carbocycles. The van der Waals surface area contributed by atoms with Gasteiger partial charge < -0.3 is 5.73 Å². The van der Waals surface area contributed by atoms with Gasteiger partial charge in [-0.3, -0.25) is 0 Å². The Labute approximate surface area is 83.6 Å². The minimum Gasteiger partial charge on any atom is -0.383 e. The molecular weight excluding hydrogens is 174 g/mol. The third-order valence-electron chi connectivity index (χ3n) is 2.92. The minimum absolute atomic E-state index is 0.372. The molecule has 14 heavy (non-hydrogen) atoms. The van der Waals surface area contributed by atoms with E-state index in [1.54, 1.807) is 6.20 Å². The molecule has 3 nitrogen and oxygen atoms in total. The molecule has 2 N–H and O–H groups in total. The predicted octanol–water partition coefficient (Wildman–Crippen LogP) is 2.19. The van der Waals surface area contributed by atoms with Crippen LogP contribution in [0.3, 0.4) is 0 Å². The van der Waals surface area contributed by atoms with Crippen LogP contribution in [0.15, 0.2) is 12.3 Å². The van der Waals surface area contributed by atoms with E-state index in [2.05, 4.69) is 11.1 Å². The molecule has 72 valence electrons. The van der Waals surface area contributed by atoms with E-state index in [-0.39, 0.29) is 0 Å². The highest BCUT2D eigenvalue weighted by atomic mass is 14.8. The van der Waals surface area contributed by atoms with Crippen LogP contribution in [0.25, 0.3) is 0 Å². The van der Waals surface area contributed by atoms with Gasteiger partial charge in [-0.25, -0.2) is 4.98 Å². The maximum atomic E-state index is 8.99. The Kier molecular flexibility index (Phi) is 2.36. The number of nitrogen functional groups attached to an aromatic ring is 1. The third-order valence-corrected chi connectivity index (χ3v) is 2.92. The zero-order valence-corrected chi connectivity index (χ0v) is 8.03. The zero-order valence-electron chi connectivity index (χ0n) is 8.03. The number of aromatic nitrogens is 1. The smallest absolute Gasteiger partial charge is 0.141 e. The summed E-state index contributed by atoms with van der Waals surface area (Å²) in [6, 6.07) is 4.09. The average molecular weight is 187 g/mol. The number of hydrogen-bond acceptors (Lipinski definition) is 3. The van der Waals surface area contributed by atoms with Crippen molar-refractivity contribution in [1.82, 2.24) is 4.98 Å². The Bertz CT molecular complexity index is 373. The van der Waals surface area contributed by atoms with Gasteiger partial charge in [-0.1, -0.05) is 12.8 Å². The summed E-state index contributed by atoms with van der Waals surface area (Å²) in [4.78, 5) is 3.94. The van der Waals surface area contributed by atoms with E-state index < -0.39 is 0 Å². The van der Waals surface area contributed by atoms with E-state index in [0.29, 0.717) is 17.3 Å². The Morgan fingerprint density at radius 3 is 2.79 bits per heavy atom. The molecule has 0 bridgehead atoms. The van der Waals surface area contributed by atoms with Crippen LogP contribution in [-0.2, 0) is 0 Å². The highest BCUT2D eigenvalue weighted by Gasteiger charge is 2.21. The lowest BCUT2D eigenvalue weighted by Gasteiger charge is -2.11. The second kappa shape index (κ2) is 3.67. The molecule has 1 aromatic heterocycles. The largest absolute Gasteiger partial charge is 0.383 e. The molecule has 2 rings (SSSR count). The van der Waals surface area contributed by atoms with Crippen molar-refractivity contribution in [1.29, 1.82) is 5.26 Å². The molecule has 0 spiro atoms. The van der Waals surface area contributed by atoms with Gasteiger partial charge in [0.15, 0.2) is 0 Å². The van der Waals surface area contributed by atoms with Gasteiger partial charge >= 0.3 is 0 Å². The van der Waals surface area contributed by atoms with Crippen LogP contribution in [0.5, 0.6) is 0 Å². The molecule has 1 fully saturated rings. The lowest BCUT2D eigenvalue weighted by atomic mass is 9.94. The van der Waals surface area contributed by atoms with Crippen molar-refractivity contribution in [3.05, 3.63) is 23.4 Å². The summed E-state index contributed by atoms with van der Waals surface area (Å²) in [6.45, 7) is 0. The van der Waals surface area contributed by atoms with Crippen molar-refractivity contribution in [3.8, 4) is 6.07 Å². The lowest BCUT2D eigenvalue weighted by Crippen LogP contribution is -2.02. The van der Waals surface area contributed by atoms with Crippen LogP contribution in [-0.4, -0.2) is 4.98 Å². The standard InChI is InChI=1S/C11H13N3/c12-7-10-9(5-6-14-11(10)13)8-3-1-2-4-8/h5-6,8H,1-4H2,(H2,13,14). The summed E-state index contributed by atoms with van der Waals surface area (Å²) in [5.41, 5.74) is 7.34. The Hall–Kier alpha value is -1.56. The summed E-state index contributed by atoms with van der Waals surface area (Å²) >= 11 is 0. The molecule has 0 atom stereocenters. The van der Waals surface area contributed by atoms with E-state index in [1.807, 2.05) is 6.07 Å². The highest BCUT2D eigenvalue weighted by Crippen LogP contribution is 2.36. The van der Waals surface area contributed by atoms with Crippen molar-refractivity contribution in [3.63, 3.8) is 0 Å². The zero-order chi connectivity index (χ0) is 9.97. The summed E-state index contributed by atoms with van der Waals surface area (Å²) in [5, 5.41) is 8.99. The molecule has 0 aromatic carbocycles. The van der Waals surface area contributed by atoms with E-state index >= 15 is 0 Å². The summed E-state index contributed by atoms with van der Waals surface area (Å²) < 4.78 is 0. The van der Waals surface area contributed by atoms with Crippen LogP contribution < -0.4 is 5.73 Å². The van der Waals surface area contributed by atoms with Gasteiger partial charge in [0.2, 0.25) is 0 Å². The number of pyridine rings is 1. The van der Waals surface area contributed by atoms with Crippen LogP contribution in [0.2, 0.25) is 0 Å². The van der Waals surface area contributed by atoms with Crippen LogP contribution >= 0.6 is 0 Å². The molecule has 0 saturated heterocycles. The van der Waals surface area contributed by atoms with E-state index in [9.17, 15) is 0 Å². The topological polar surface area (TPSA) is 62.7 Å². The van der Waals surface area contributed by atoms with Gasteiger partial charge in [0, 0.05) is 6.20 Å². The number of nitrogens with zero attached hydrogens (tertiary/aromatic N) is 2. The maximum absolute atomic E-state index is 8.99. The van der Waals surface area contributed by atoms with E-state index in [0.717, 1.165) is 5.56 Å². The maximum Gasteiger partial charge on any atom is 0.141 e. The molecule has 1 aliphatic rings. The van der Waals surface area contributed by atoms with Gasteiger partial charge in [0.1, 0.15) is 11.9 Å². The first-order valence-corrected chi connectivity index (χ1v) is 4.97. The third kappa shape index (κ3) is 1.44. The van der Waals surface area contributed by atoms with E-state index in [4.69, 9.17) is 11.0 Å². The van der Waals surface area contributed by atoms with Gasteiger partial charge in [-0.2, -0.15) is 5.26 Å². The molecule has 0 aliphatic heterocycles. The highest BCUT2D eigenvalue weighted by molar-refractivity contribution is 5.53. The summed E-state index contributed by atoms with van der Waals surface area (Å²) in [5.74, 6) is 0.895. The molecule has 1 aromatic rings. The van der Waals surface area contributed by atoms with Crippen LogP contribution in [0.1, 0.15) is 42.7 Å². The predicted molar refractivity (Wildman–Crippen MR) is 54.6 cm³/mol. The lowest BCUT2D eigenvalue weighted by molar-refractivity contribution is 0.720. The van der Waals surface area contributed by atoms with Crippen molar-refractivity contribution in [2.24, 2.45) is 0 Å². The fourth-order valence-corrected chi connectivity index (χ4v) is 2.19. The Balaban J connectivity index is 2.42. The SMILES string of the molecule is N#Cc1c(C2CCCC2)ccnc1N. The number of rotatable bonds is 1. The van der Waals surface area contributed by atoms with Gasteiger partial charge in [-0.05, 0) is 30.4 Å². The monoisotopic (exact) mass is 187 g/mol. The Morgan fingerprint density at radius 1 is 1.43 bits per heavy atom. The van der Waals surface area contributed by atoms with Crippen molar-refractivity contribution >= 4 is 5.82 Å². The fourth-order valence-electron chi connectivity index (χ4n) is 2.19. The van der Waals surface area contributed by atoms with E-state index in [1.165, 1.54) is 25.7 Å². The molecule has 1 heterocycles. The van der Waals surface area contributed by atoms with Gasteiger partial charge in [-0.15, -0.1) is 0 Å². The molecule has 0 radical (unpaired) electrons. The summed E-state index contributed by atoms with van der Waals surface area (Å²) in [6.07, 6.45) is 6.58. The van der Waals surface area contributed by atoms with Gasteiger partial charge in [0.05, 0.1) is 5.56 Å². The first-order valence-electron chi connectivity index (χ1n) is 4.97. The second-order valence-electron chi connectivity index (χ2n) is 3.75. The normalized spacial score (nSPS) is 16.8. The number of hydrogen-bond donors (Lipinski definition) is 1.